The molecule has 1 aliphatic rings. The Kier molecular flexibility index (Phi) is 10.8. The smallest absolute Gasteiger partial charge is 0.305 e. The average molecular weight is 447 g/mol. The Morgan fingerprint density at radius 1 is 1.03 bits per heavy atom. The molecule has 0 aliphatic carbocycles. The second-order valence-electron chi connectivity index (χ2n) is 8.22. The van der Waals surface area contributed by atoms with E-state index in [1.807, 2.05) is 13.8 Å². The molecule has 0 aromatic carbocycles. The molecule has 30 heavy (non-hydrogen) atoms. The van der Waals surface area contributed by atoms with Gasteiger partial charge in [-0.1, -0.05) is 25.6 Å². The molecule has 0 saturated carbocycles. The van der Waals surface area contributed by atoms with Gasteiger partial charge in [-0.2, -0.15) is 0 Å². The van der Waals surface area contributed by atoms with E-state index in [1.54, 1.807) is 13.8 Å². The van der Waals surface area contributed by atoms with Gasteiger partial charge in [0.2, 0.25) is 11.8 Å². The molecule has 9 nitrogen and oxygen atoms in total. The summed E-state index contributed by atoms with van der Waals surface area (Å²) >= 11 is 1.12. The molecule has 2 N–H and O–H groups in total. The predicted molar refractivity (Wildman–Crippen MR) is 113 cm³/mol. The molecule has 0 unspecified atom stereocenters. The van der Waals surface area contributed by atoms with Gasteiger partial charge in [0, 0.05) is 43.5 Å². The van der Waals surface area contributed by atoms with Crippen LogP contribution in [0.5, 0.6) is 0 Å². The molecular formula is C20H34N2O7S. The van der Waals surface area contributed by atoms with E-state index < -0.39 is 17.3 Å². The van der Waals surface area contributed by atoms with Crippen LogP contribution in [-0.4, -0.2) is 67.3 Å². The maximum absolute atomic E-state index is 12.5. The van der Waals surface area contributed by atoms with Crippen molar-refractivity contribution in [2.75, 3.05) is 32.6 Å². The monoisotopic (exact) mass is 446 g/mol. The summed E-state index contributed by atoms with van der Waals surface area (Å²) in [6, 6.07) is 0. The molecule has 1 fully saturated rings. The maximum Gasteiger partial charge on any atom is 0.305 e. The molecular weight excluding hydrogens is 412 g/mol. The van der Waals surface area contributed by atoms with Gasteiger partial charge < -0.3 is 24.8 Å². The van der Waals surface area contributed by atoms with Crippen LogP contribution in [0.1, 0.15) is 53.4 Å². The van der Waals surface area contributed by atoms with Crippen LogP contribution in [0.15, 0.2) is 0 Å². The standard InChI is InChI=1S/C20H34N2O7S/c1-19(2)13-28-20(3,4)29-17(19)18(26)22-10-9-14(23)21-11-12-30-16(25)8-6-7-15(24)27-5/h17H,6-13H2,1-5H3,(H,21,23)(H,22,26)/t17-/m0/s1. The fourth-order valence-electron chi connectivity index (χ4n) is 2.71. The third kappa shape index (κ3) is 9.90. The third-order valence-electron chi connectivity index (χ3n) is 4.47. The van der Waals surface area contributed by atoms with Gasteiger partial charge in [0.1, 0.15) is 6.10 Å². The van der Waals surface area contributed by atoms with E-state index in [4.69, 9.17) is 9.47 Å². The number of rotatable bonds is 11. The summed E-state index contributed by atoms with van der Waals surface area (Å²) in [5.74, 6) is -1.18. The van der Waals surface area contributed by atoms with Crippen LogP contribution in [-0.2, 0) is 33.4 Å². The van der Waals surface area contributed by atoms with Crippen molar-refractivity contribution in [1.82, 2.24) is 10.6 Å². The Morgan fingerprint density at radius 2 is 1.73 bits per heavy atom. The van der Waals surface area contributed by atoms with Crippen molar-refractivity contribution in [2.45, 2.75) is 65.3 Å². The zero-order chi connectivity index (χ0) is 22.8. The highest BCUT2D eigenvalue weighted by Crippen LogP contribution is 2.34. The van der Waals surface area contributed by atoms with E-state index in [2.05, 4.69) is 15.4 Å². The number of carbonyl (C=O) groups excluding carboxylic acids is 4. The lowest BCUT2D eigenvalue weighted by atomic mass is 9.85. The lowest BCUT2D eigenvalue weighted by molar-refractivity contribution is -0.304. The van der Waals surface area contributed by atoms with Crippen LogP contribution < -0.4 is 10.6 Å². The minimum Gasteiger partial charge on any atom is -0.469 e. The van der Waals surface area contributed by atoms with Crippen LogP contribution in [0, 0.1) is 5.41 Å². The molecule has 1 atom stereocenters. The van der Waals surface area contributed by atoms with Gasteiger partial charge >= 0.3 is 5.97 Å². The Morgan fingerprint density at radius 3 is 2.40 bits per heavy atom. The van der Waals surface area contributed by atoms with Gasteiger partial charge in [-0.3, -0.25) is 19.2 Å². The molecule has 1 rings (SSSR count). The maximum atomic E-state index is 12.5. The zero-order valence-electron chi connectivity index (χ0n) is 18.5. The minimum atomic E-state index is -0.830. The summed E-state index contributed by atoms with van der Waals surface area (Å²) in [7, 11) is 1.31. The molecule has 0 bridgehead atoms. The second kappa shape index (κ2) is 12.3. The van der Waals surface area contributed by atoms with Gasteiger partial charge in [0.05, 0.1) is 13.7 Å². The highest BCUT2D eigenvalue weighted by Gasteiger charge is 2.45. The summed E-state index contributed by atoms with van der Waals surface area (Å²) < 4.78 is 15.9. The minimum absolute atomic E-state index is 0.0255. The normalized spacial score (nSPS) is 19.6. The van der Waals surface area contributed by atoms with Crippen molar-refractivity contribution in [3.8, 4) is 0 Å². The van der Waals surface area contributed by atoms with Gasteiger partial charge in [-0.05, 0) is 20.3 Å². The van der Waals surface area contributed by atoms with Crippen molar-refractivity contribution in [1.29, 1.82) is 0 Å². The predicted octanol–water partition coefficient (Wildman–Crippen LogP) is 1.39. The Balaban J connectivity index is 2.17. The van der Waals surface area contributed by atoms with Gasteiger partial charge in [-0.15, -0.1) is 0 Å². The lowest BCUT2D eigenvalue weighted by Crippen LogP contribution is -2.56. The first-order valence-corrected chi connectivity index (χ1v) is 11.0. The summed E-state index contributed by atoms with van der Waals surface area (Å²) in [4.78, 5) is 47.0. The van der Waals surface area contributed by atoms with E-state index in [0.29, 0.717) is 31.7 Å². The number of ether oxygens (including phenoxy) is 3. The molecule has 0 aromatic rings. The highest BCUT2D eigenvalue weighted by atomic mass is 32.2. The number of hydrogen-bond acceptors (Lipinski definition) is 8. The molecule has 0 aromatic heterocycles. The first-order chi connectivity index (χ1) is 14.0. The third-order valence-corrected chi connectivity index (χ3v) is 5.40. The summed E-state index contributed by atoms with van der Waals surface area (Å²) in [6.07, 6.45) is 0.442. The number of carbonyl (C=O) groups is 4. The van der Waals surface area contributed by atoms with Crippen molar-refractivity contribution in [3.63, 3.8) is 0 Å². The van der Waals surface area contributed by atoms with Crippen LogP contribution >= 0.6 is 11.8 Å². The molecule has 10 heteroatoms. The van der Waals surface area contributed by atoms with Crippen molar-refractivity contribution in [2.24, 2.45) is 5.41 Å². The largest absolute Gasteiger partial charge is 0.469 e. The number of amides is 2. The Labute approximate surface area is 182 Å². The number of methoxy groups -OCH3 is 1. The zero-order valence-corrected chi connectivity index (χ0v) is 19.3. The fraction of sp³-hybridized carbons (Fsp3) is 0.800. The number of thioether (sulfide) groups is 1. The van der Waals surface area contributed by atoms with Gasteiger partial charge in [0.25, 0.3) is 0 Å². The quantitative estimate of drug-likeness (QED) is 0.361. The van der Waals surface area contributed by atoms with E-state index in [9.17, 15) is 19.2 Å². The average Bonchev–Trinajstić information content (AvgIpc) is 2.67. The molecule has 0 spiro atoms. The SMILES string of the molecule is COC(=O)CCCC(=O)SCCNC(=O)CCNC(=O)[C@@H]1OC(C)(C)OCC1(C)C. The first-order valence-electron chi connectivity index (χ1n) is 10.1. The number of hydrogen-bond donors (Lipinski definition) is 2. The van der Waals surface area contributed by atoms with Gasteiger partial charge in [-0.25, -0.2) is 0 Å². The van der Waals surface area contributed by atoms with Crippen LogP contribution in [0.25, 0.3) is 0 Å². The Hall–Kier alpha value is -1.65. The molecule has 172 valence electrons. The summed E-state index contributed by atoms with van der Waals surface area (Å²) in [5.41, 5.74) is -0.470. The van der Waals surface area contributed by atoms with Crippen LogP contribution in [0.4, 0.5) is 0 Å². The topological polar surface area (TPSA) is 120 Å². The van der Waals surface area contributed by atoms with E-state index in [1.165, 1.54) is 7.11 Å². The second-order valence-corrected chi connectivity index (χ2v) is 9.37. The van der Waals surface area contributed by atoms with Crippen molar-refractivity contribution < 1.29 is 33.4 Å². The summed E-state index contributed by atoms with van der Waals surface area (Å²) in [5, 5.41) is 5.43. The molecule has 0 radical (unpaired) electrons. The van der Waals surface area contributed by atoms with Crippen LogP contribution in [0.3, 0.4) is 0 Å². The number of esters is 1. The lowest BCUT2D eigenvalue weighted by Gasteiger charge is -2.44. The van der Waals surface area contributed by atoms with Crippen molar-refractivity contribution in [3.05, 3.63) is 0 Å². The van der Waals surface area contributed by atoms with Crippen LogP contribution in [0.2, 0.25) is 0 Å². The first kappa shape index (κ1) is 26.4. The molecule has 1 aliphatic heterocycles. The molecule has 2 amide bonds. The fourth-order valence-corrected chi connectivity index (χ4v) is 3.43. The van der Waals surface area contributed by atoms with E-state index >= 15 is 0 Å². The number of nitrogens with one attached hydrogen (secondary N) is 2. The molecule has 1 heterocycles. The molecule has 1 saturated heterocycles. The van der Waals surface area contributed by atoms with E-state index in [-0.39, 0.29) is 42.3 Å². The Bertz CT molecular complexity index is 622. The summed E-state index contributed by atoms with van der Waals surface area (Å²) in [6.45, 7) is 8.26. The van der Waals surface area contributed by atoms with Crippen molar-refractivity contribution >= 4 is 34.7 Å². The van der Waals surface area contributed by atoms with Gasteiger partial charge in [0.15, 0.2) is 10.9 Å². The van der Waals surface area contributed by atoms with E-state index in [0.717, 1.165) is 11.8 Å². The highest BCUT2D eigenvalue weighted by molar-refractivity contribution is 8.13.